The minimum Gasteiger partial charge on any atom is -0.371 e. The van der Waals surface area contributed by atoms with Crippen LogP contribution in [0.25, 0.3) is 0 Å². The predicted molar refractivity (Wildman–Crippen MR) is 78.0 cm³/mol. The van der Waals surface area contributed by atoms with Crippen molar-refractivity contribution in [3.8, 4) is 0 Å². The summed E-state index contributed by atoms with van der Waals surface area (Å²) in [6.07, 6.45) is 1.28. The standard InChI is InChI=1S/C14H26N2OS/c1-6-8-15-11(5)12-9-18-14(16-12)13(10(3)4)17-7-2/h9-11,13,15H,6-8H2,1-5H3. The largest absolute Gasteiger partial charge is 0.371 e. The summed E-state index contributed by atoms with van der Waals surface area (Å²) in [6.45, 7) is 12.5. The van der Waals surface area contributed by atoms with Gasteiger partial charge in [0.05, 0.1) is 5.69 Å². The lowest BCUT2D eigenvalue weighted by Crippen LogP contribution is -2.20. The molecule has 1 rings (SSSR count). The maximum Gasteiger partial charge on any atom is 0.122 e. The van der Waals surface area contributed by atoms with Gasteiger partial charge >= 0.3 is 0 Å². The maximum atomic E-state index is 5.79. The molecule has 0 aliphatic heterocycles. The van der Waals surface area contributed by atoms with Gasteiger partial charge in [0, 0.05) is 18.0 Å². The molecule has 0 fully saturated rings. The van der Waals surface area contributed by atoms with Crippen molar-refractivity contribution in [1.82, 2.24) is 10.3 Å². The summed E-state index contributed by atoms with van der Waals surface area (Å²) in [6, 6.07) is 0.324. The van der Waals surface area contributed by atoms with Gasteiger partial charge in [0.25, 0.3) is 0 Å². The Labute approximate surface area is 115 Å². The van der Waals surface area contributed by atoms with Crippen LogP contribution >= 0.6 is 11.3 Å². The summed E-state index contributed by atoms with van der Waals surface area (Å²) in [5.74, 6) is 0.461. The van der Waals surface area contributed by atoms with Gasteiger partial charge in [-0.1, -0.05) is 20.8 Å². The second kappa shape index (κ2) is 7.87. The van der Waals surface area contributed by atoms with Gasteiger partial charge in [0.15, 0.2) is 0 Å². The molecular formula is C14H26N2OS. The minimum absolute atomic E-state index is 0.132. The lowest BCUT2D eigenvalue weighted by Gasteiger charge is -2.18. The Balaban J connectivity index is 2.71. The van der Waals surface area contributed by atoms with Gasteiger partial charge in [-0.05, 0) is 32.7 Å². The van der Waals surface area contributed by atoms with Gasteiger partial charge in [-0.3, -0.25) is 0 Å². The van der Waals surface area contributed by atoms with Gasteiger partial charge in [-0.25, -0.2) is 4.98 Å². The smallest absolute Gasteiger partial charge is 0.122 e. The molecule has 3 nitrogen and oxygen atoms in total. The normalized spacial score (nSPS) is 15.0. The molecule has 0 aliphatic rings. The van der Waals surface area contributed by atoms with Crippen LogP contribution in [0.1, 0.15) is 63.9 Å². The van der Waals surface area contributed by atoms with E-state index in [4.69, 9.17) is 9.72 Å². The van der Waals surface area contributed by atoms with Crippen molar-refractivity contribution in [3.63, 3.8) is 0 Å². The Kier molecular flexibility index (Phi) is 6.82. The van der Waals surface area contributed by atoms with E-state index in [-0.39, 0.29) is 6.10 Å². The van der Waals surface area contributed by atoms with E-state index in [0.29, 0.717) is 12.0 Å². The average Bonchev–Trinajstić information content (AvgIpc) is 2.81. The van der Waals surface area contributed by atoms with Crippen molar-refractivity contribution in [2.75, 3.05) is 13.2 Å². The van der Waals surface area contributed by atoms with Crippen LogP contribution in [0, 0.1) is 5.92 Å². The first kappa shape index (κ1) is 15.6. The molecule has 0 aromatic carbocycles. The molecular weight excluding hydrogens is 244 g/mol. The highest BCUT2D eigenvalue weighted by Crippen LogP contribution is 2.29. The van der Waals surface area contributed by atoms with Crippen molar-refractivity contribution in [1.29, 1.82) is 0 Å². The molecule has 1 N–H and O–H groups in total. The van der Waals surface area contributed by atoms with Crippen LogP contribution in [0.5, 0.6) is 0 Å². The molecule has 2 unspecified atom stereocenters. The van der Waals surface area contributed by atoms with Crippen molar-refractivity contribution in [2.24, 2.45) is 5.92 Å². The second-order valence-electron chi connectivity index (χ2n) is 4.91. The molecule has 1 heterocycles. The van der Waals surface area contributed by atoms with Crippen LogP contribution in [-0.2, 0) is 4.74 Å². The Morgan fingerprint density at radius 2 is 2.06 bits per heavy atom. The van der Waals surface area contributed by atoms with Crippen LogP contribution in [-0.4, -0.2) is 18.1 Å². The van der Waals surface area contributed by atoms with E-state index in [0.717, 1.165) is 30.3 Å². The number of hydrogen-bond acceptors (Lipinski definition) is 4. The third-order valence-electron chi connectivity index (χ3n) is 2.88. The molecule has 2 atom stereocenters. The van der Waals surface area contributed by atoms with Crippen molar-refractivity contribution in [2.45, 2.75) is 53.2 Å². The Morgan fingerprint density at radius 3 is 2.61 bits per heavy atom. The summed E-state index contributed by atoms with van der Waals surface area (Å²) in [4.78, 5) is 4.73. The van der Waals surface area contributed by atoms with E-state index in [1.165, 1.54) is 0 Å². The van der Waals surface area contributed by atoms with Crippen LogP contribution in [0.3, 0.4) is 0 Å². The van der Waals surface area contributed by atoms with Gasteiger partial charge in [-0.2, -0.15) is 0 Å². The van der Waals surface area contributed by atoms with Crippen molar-refractivity contribution >= 4 is 11.3 Å². The molecule has 0 aliphatic carbocycles. The molecule has 4 heteroatoms. The number of thiazole rings is 1. The number of nitrogens with zero attached hydrogens (tertiary/aromatic N) is 1. The van der Waals surface area contributed by atoms with E-state index >= 15 is 0 Å². The average molecular weight is 270 g/mol. The molecule has 18 heavy (non-hydrogen) atoms. The third-order valence-corrected chi connectivity index (χ3v) is 3.80. The SMILES string of the molecule is CCCNC(C)c1csc(C(OCC)C(C)C)n1. The monoisotopic (exact) mass is 270 g/mol. The lowest BCUT2D eigenvalue weighted by atomic mass is 10.1. The van der Waals surface area contributed by atoms with Crippen LogP contribution in [0.4, 0.5) is 0 Å². The summed E-state index contributed by atoms with van der Waals surface area (Å²) in [5.41, 5.74) is 1.13. The van der Waals surface area contributed by atoms with Crippen LogP contribution in [0.2, 0.25) is 0 Å². The first-order chi connectivity index (χ1) is 8.60. The molecule has 0 spiro atoms. The summed E-state index contributed by atoms with van der Waals surface area (Å²) in [7, 11) is 0. The molecule has 1 aromatic rings. The zero-order chi connectivity index (χ0) is 13.5. The molecule has 0 saturated heterocycles. The van der Waals surface area contributed by atoms with E-state index < -0.39 is 0 Å². The molecule has 1 aromatic heterocycles. The zero-order valence-corrected chi connectivity index (χ0v) is 13.0. The highest BCUT2D eigenvalue weighted by atomic mass is 32.1. The van der Waals surface area contributed by atoms with E-state index in [1.54, 1.807) is 11.3 Å². The quantitative estimate of drug-likeness (QED) is 0.777. The van der Waals surface area contributed by atoms with Crippen LogP contribution < -0.4 is 5.32 Å². The van der Waals surface area contributed by atoms with E-state index in [9.17, 15) is 0 Å². The molecule has 0 amide bonds. The van der Waals surface area contributed by atoms with Crippen molar-refractivity contribution < 1.29 is 4.74 Å². The second-order valence-corrected chi connectivity index (χ2v) is 5.80. The van der Waals surface area contributed by atoms with E-state index in [1.807, 2.05) is 6.92 Å². The number of aromatic nitrogens is 1. The number of hydrogen-bond donors (Lipinski definition) is 1. The van der Waals surface area contributed by atoms with Gasteiger partial charge < -0.3 is 10.1 Å². The Hall–Kier alpha value is -0.450. The topological polar surface area (TPSA) is 34.1 Å². The zero-order valence-electron chi connectivity index (χ0n) is 12.2. The molecule has 104 valence electrons. The van der Waals surface area contributed by atoms with E-state index in [2.05, 4.69) is 38.4 Å². The van der Waals surface area contributed by atoms with Crippen LogP contribution in [0.15, 0.2) is 5.38 Å². The molecule has 0 saturated carbocycles. The van der Waals surface area contributed by atoms with Crippen molar-refractivity contribution in [3.05, 3.63) is 16.1 Å². The van der Waals surface area contributed by atoms with Gasteiger partial charge in [-0.15, -0.1) is 11.3 Å². The summed E-state index contributed by atoms with van der Waals surface area (Å²) >= 11 is 1.71. The van der Waals surface area contributed by atoms with Gasteiger partial charge in [0.1, 0.15) is 11.1 Å². The first-order valence-electron chi connectivity index (χ1n) is 6.90. The number of rotatable bonds is 8. The molecule has 0 radical (unpaired) electrons. The maximum absolute atomic E-state index is 5.79. The molecule has 0 bridgehead atoms. The Bertz CT molecular complexity index is 338. The summed E-state index contributed by atoms with van der Waals surface area (Å²) in [5, 5.41) is 6.72. The predicted octanol–water partition coefficient (Wildman–Crippen LogP) is 3.94. The highest BCUT2D eigenvalue weighted by molar-refractivity contribution is 7.09. The highest BCUT2D eigenvalue weighted by Gasteiger charge is 2.20. The fraction of sp³-hybridized carbons (Fsp3) is 0.786. The summed E-state index contributed by atoms with van der Waals surface area (Å²) < 4.78 is 5.79. The fourth-order valence-corrected chi connectivity index (χ4v) is 2.95. The number of ether oxygens (including phenoxy) is 1. The third kappa shape index (κ3) is 4.34. The Morgan fingerprint density at radius 1 is 1.33 bits per heavy atom. The minimum atomic E-state index is 0.132. The fourth-order valence-electron chi connectivity index (χ4n) is 1.82. The lowest BCUT2D eigenvalue weighted by molar-refractivity contribution is 0.0291. The van der Waals surface area contributed by atoms with Gasteiger partial charge in [0.2, 0.25) is 0 Å². The number of nitrogens with one attached hydrogen (secondary N) is 1. The first-order valence-corrected chi connectivity index (χ1v) is 7.78.